The summed E-state index contributed by atoms with van der Waals surface area (Å²) in [6.07, 6.45) is 0. The van der Waals surface area contributed by atoms with Crippen LogP contribution in [0.4, 0.5) is 0 Å². The molecule has 17 heavy (non-hydrogen) atoms. The minimum absolute atomic E-state index is 0.158. The normalized spacial score (nSPS) is 13.5. The molecule has 1 aromatic carbocycles. The van der Waals surface area contributed by atoms with E-state index in [1.807, 2.05) is 12.1 Å². The van der Waals surface area contributed by atoms with Crippen molar-refractivity contribution in [2.24, 2.45) is 5.14 Å². The summed E-state index contributed by atoms with van der Waals surface area (Å²) in [7, 11) is 1.64. The molecule has 0 amide bonds. The molecule has 0 bridgehead atoms. The topological polar surface area (TPSA) is 61.6 Å². The Morgan fingerprint density at radius 1 is 1.35 bits per heavy atom. The van der Waals surface area contributed by atoms with Crippen molar-refractivity contribution in [2.45, 2.75) is 24.2 Å². The first-order valence-electron chi connectivity index (χ1n) is 5.26. The van der Waals surface area contributed by atoms with Crippen LogP contribution in [0.3, 0.4) is 0 Å². The van der Waals surface area contributed by atoms with E-state index in [0.29, 0.717) is 17.3 Å². The molecule has 0 saturated heterocycles. The van der Waals surface area contributed by atoms with E-state index in [1.165, 1.54) is 7.11 Å². The van der Waals surface area contributed by atoms with E-state index in [4.69, 9.17) is 14.6 Å². The van der Waals surface area contributed by atoms with E-state index in [0.717, 1.165) is 5.56 Å². The molecular formula is C12H19NO3S. The molecule has 5 heteroatoms. The lowest BCUT2D eigenvalue weighted by molar-refractivity contribution is 0.146. The zero-order chi connectivity index (χ0) is 13.1. The summed E-state index contributed by atoms with van der Waals surface area (Å²) in [6, 6.07) is 5.54. The number of hydrogen-bond acceptors (Lipinski definition) is 3. The molecular weight excluding hydrogens is 238 g/mol. The van der Waals surface area contributed by atoms with Gasteiger partial charge >= 0.3 is 0 Å². The van der Waals surface area contributed by atoms with Crippen LogP contribution in [-0.2, 0) is 21.1 Å². The van der Waals surface area contributed by atoms with Crippen LogP contribution in [0.2, 0.25) is 0 Å². The molecule has 1 rings (SSSR count). The van der Waals surface area contributed by atoms with E-state index in [9.17, 15) is 4.21 Å². The Morgan fingerprint density at radius 2 is 2.00 bits per heavy atom. The van der Waals surface area contributed by atoms with Gasteiger partial charge < -0.3 is 9.47 Å². The van der Waals surface area contributed by atoms with Gasteiger partial charge in [-0.15, -0.1) is 0 Å². The van der Waals surface area contributed by atoms with Gasteiger partial charge in [0.1, 0.15) is 16.7 Å². The van der Waals surface area contributed by atoms with Crippen molar-refractivity contribution in [2.75, 3.05) is 20.8 Å². The maximum atomic E-state index is 11.4. The first kappa shape index (κ1) is 14.2. The fourth-order valence-electron chi connectivity index (χ4n) is 1.70. The molecule has 0 aliphatic rings. The second-order valence-electron chi connectivity index (χ2n) is 4.48. The lowest BCUT2D eigenvalue weighted by atomic mass is 9.85. The highest BCUT2D eigenvalue weighted by Gasteiger charge is 2.22. The fraction of sp³-hybridized carbons (Fsp3) is 0.500. The molecule has 0 spiro atoms. The molecule has 0 fully saturated rings. The molecule has 1 atom stereocenters. The molecule has 96 valence electrons. The van der Waals surface area contributed by atoms with Crippen LogP contribution in [0.1, 0.15) is 19.4 Å². The standard InChI is InChI=1S/C12H19NO3S/c1-12(2,8-15-3)9-5-6-10(16-4)11(7-9)17(13)14/h5-7H,8,13H2,1-4H3. The van der Waals surface area contributed by atoms with Gasteiger partial charge in [0.05, 0.1) is 18.6 Å². The highest BCUT2D eigenvalue weighted by atomic mass is 32.2. The van der Waals surface area contributed by atoms with E-state index in [-0.39, 0.29) is 5.41 Å². The van der Waals surface area contributed by atoms with Gasteiger partial charge in [-0.2, -0.15) is 0 Å². The second-order valence-corrected chi connectivity index (χ2v) is 5.51. The van der Waals surface area contributed by atoms with Crippen molar-refractivity contribution >= 4 is 11.0 Å². The molecule has 0 aliphatic heterocycles. The monoisotopic (exact) mass is 257 g/mol. The lowest BCUT2D eigenvalue weighted by Crippen LogP contribution is -2.24. The molecule has 1 aromatic rings. The largest absolute Gasteiger partial charge is 0.495 e. The van der Waals surface area contributed by atoms with Crippen molar-refractivity contribution in [1.29, 1.82) is 0 Å². The third-order valence-electron chi connectivity index (χ3n) is 2.67. The second kappa shape index (κ2) is 5.62. The zero-order valence-electron chi connectivity index (χ0n) is 10.6. The SMILES string of the molecule is COCC(C)(C)c1ccc(OC)c(S(N)=O)c1. The number of hydrogen-bond donors (Lipinski definition) is 1. The van der Waals surface area contributed by atoms with Crippen molar-refractivity contribution < 1.29 is 13.7 Å². The van der Waals surface area contributed by atoms with Crippen molar-refractivity contribution in [1.82, 2.24) is 0 Å². The van der Waals surface area contributed by atoms with Crippen LogP contribution in [0.5, 0.6) is 5.75 Å². The average molecular weight is 257 g/mol. The molecule has 0 heterocycles. The Hall–Kier alpha value is -0.910. The minimum atomic E-state index is -1.56. The predicted octanol–water partition coefficient (Wildman–Crippen LogP) is 1.60. The number of ether oxygens (including phenoxy) is 2. The van der Waals surface area contributed by atoms with Gasteiger partial charge in [-0.25, -0.2) is 9.35 Å². The molecule has 0 aromatic heterocycles. The first-order chi connectivity index (χ1) is 7.92. The lowest BCUT2D eigenvalue weighted by Gasteiger charge is -2.25. The van der Waals surface area contributed by atoms with Crippen LogP contribution >= 0.6 is 0 Å². The maximum absolute atomic E-state index is 11.4. The van der Waals surface area contributed by atoms with E-state index >= 15 is 0 Å². The molecule has 1 unspecified atom stereocenters. The quantitative estimate of drug-likeness (QED) is 0.871. The van der Waals surface area contributed by atoms with Gasteiger partial charge in [-0.1, -0.05) is 19.9 Å². The van der Waals surface area contributed by atoms with Crippen LogP contribution in [0.25, 0.3) is 0 Å². The summed E-state index contributed by atoms with van der Waals surface area (Å²) in [4.78, 5) is 0.508. The van der Waals surface area contributed by atoms with Crippen molar-refractivity contribution in [3.8, 4) is 5.75 Å². The Bertz CT molecular complexity index is 418. The van der Waals surface area contributed by atoms with Crippen LogP contribution < -0.4 is 9.88 Å². The summed E-state index contributed by atoms with van der Waals surface area (Å²) in [6.45, 7) is 4.69. The van der Waals surface area contributed by atoms with Crippen molar-refractivity contribution in [3.63, 3.8) is 0 Å². The fourth-order valence-corrected chi connectivity index (χ4v) is 2.29. The summed E-state index contributed by atoms with van der Waals surface area (Å²) >= 11 is 0. The Balaban J connectivity index is 3.20. The van der Waals surface area contributed by atoms with Crippen molar-refractivity contribution in [3.05, 3.63) is 23.8 Å². The van der Waals surface area contributed by atoms with Gasteiger partial charge in [0, 0.05) is 12.5 Å². The van der Waals surface area contributed by atoms with E-state index in [2.05, 4.69) is 13.8 Å². The Morgan fingerprint density at radius 3 is 2.47 bits per heavy atom. The van der Waals surface area contributed by atoms with E-state index < -0.39 is 11.0 Å². The first-order valence-corrected chi connectivity index (χ1v) is 6.47. The zero-order valence-corrected chi connectivity index (χ0v) is 11.5. The molecule has 2 N–H and O–H groups in total. The maximum Gasteiger partial charge on any atom is 0.136 e. The third kappa shape index (κ3) is 3.28. The third-order valence-corrected chi connectivity index (χ3v) is 3.42. The van der Waals surface area contributed by atoms with Gasteiger partial charge in [-0.3, -0.25) is 0 Å². The van der Waals surface area contributed by atoms with Gasteiger partial charge in [0.25, 0.3) is 0 Å². The highest BCUT2D eigenvalue weighted by molar-refractivity contribution is 7.82. The summed E-state index contributed by atoms with van der Waals surface area (Å²) in [5.74, 6) is 0.544. The summed E-state index contributed by atoms with van der Waals surface area (Å²) in [5.41, 5.74) is 0.865. The van der Waals surface area contributed by atoms with Crippen LogP contribution in [0, 0.1) is 0 Å². The van der Waals surface area contributed by atoms with Gasteiger partial charge in [-0.05, 0) is 17.7 Å². The number of rotatable bonds is 5. The van der Waals surface area contributed by atoms with Gasteiger partial charge in [0.2, 0.25) is 0 Å². The number of methoxy groups -OCH3 is 2. The summed E-state index contributed by atoms with van der Waals surface area (Å²) < 4.78 is 21.7. The van der Waals surface area contributed by atoms with Crippen LogP contribution in [-0.4, -0.2) is 25.0 Å². The van der Waals surface area contributed by atoms with E-state index in [1.54, 1.807) is 13.2 Å². The number of benzene rings is 1. The Labute approximate surface area is 105 Å². The summed E-state index contributed by atoms with van der Waals surface area (Å²) in [5, 5.41) is 5.44. The smallest absolute Gasteiger partial charge is 0.136 e. The Kier molecular flexibility index (Phi) is 4.68. The molecule has 0 saturated carbocycles. The van der Waals surface area contributed by atoms with Crippen LogP contribution in [0.15, 0.2) is 23.1 Å². The minimum Gasteiger partial charge on any atom is -0.495 e. The highest BCUT2D eigenvalue weighted by Crippen LogP contribution is 2.29. The number of nitrogens with two attached hydrogens (primary N) is 1. The molecule has 4 nitrogen and oxygen atoms in total. The molecule has 0 radical (unpaired) electrons. The molecule has 0 aliphatic carbocycles. The average Bonchev–Trinajstić information content (AvgIpc) is 2.28. The van der Waals surface area contributed by atoms with Gasteiger partial charge in [0.15, 0.2) is 0 Å². The predicted molar refractivity (Wildman–Crippen MR) is 68.5 cm³/mol.